The van der Waals surface area contributed by atoms with Crippen LogP contribution >= 0.6 is 11.8 Å². The summed E-state index contributed by atoms with van der Waals surface area (Å²) in [5.74, 6) is -1.80. The molecule has 4 rings (SSSR count). The average molecular weight is 432 g/mol. The van der Waals surface area contributed by atoms with E-state index in [4.69, 9.17) is 0 Å². The summed E-state index contributed by atoms with van der Waals surface area (Å²) in [4.78, 5) is 29.0. The van der Waals surface area contributed by atoms with E-state index in [2.05, 4.69) is 0 Å². The van der Waals surface area contributed by atoms with E-state index < -0.39 is 22.7 Å². The molecule has 3 aromatic carbocycles. The SMILES string of the molecule is Cc1ccc(S[C@]2(C(=O)O)[C@@H](C)C(=O)N(Cc3ccccc3)[C@@H]2c2ccccc2)cc1. The van der Waals surface area contributed by atoms with Crippen LogP contribution in [-0.2, 0) is 16.1 Å². The Labute approximate surface area is 186 Å². The maximum absolute atomic E-state index is 13.5. The van der Waals surface area contributed by atoms with Crippen molar-refractivity contribution in [2.24, 2.45) is 5.92 Å². The molecule has 0 aliphatic carbocycles. The molecule has 4 nitrogen and oxygen atoms in total. The number of hydrogen-bond acceptors (Lipinski definition) is 3. The standard InChI is InChI=1S/C26H25NO3S/c1-18-13-15-22(16-14-18)31-26(25(29)30)19(2)24(28)27(17-20-9-5-3-6-10-20)23(26)21-11-7-4-8-12-21/h3-16,19,23H,17H2,1-2H3,(H,29,30)/t19-,23+,26+/m0/s1. The lowest BCUT2D eigenvalue weighted by Gasteiger charge is -2.36. The van der Waals surface area contributed by atoms with Gasteiger partial charge in [0.1, 0.15) is 0 Å². The van der Waals surface area contributed by atoms with Gasteiger partial charge in [0, 0.05) is 11.4 Å². The van der Waals surface area contributed by atoms with Crippen molar-refractivity contribution in [1.29, 1.82) is 0 Å². The first-order valence-corrected chi connectivity index (χ1v) is 11.1. The van der Waals surface area contributed by atoms with Gasteiger partial charge in [-0.1, -0.05) is 85.3 Å². The van der Waals surface area contributed by atoms with E-state index in [0.29, 0.717) is 6.54 Å². The molecule has 1 heterocycles. The Morgan fingerprint density at radius 2 is 1.55 bits per heavy atom. The van der Waals surface area contributed by atoms with Crippen molar-refractivity contribution in [2.75, 3.05) is 0 Å². The summed E-state index contributed by atoms with van der Waals surface area (Å²) in [6.45, 7) is 4.11. The van der Waals surface area contributed by atoms with Gasteiger partial charge in [0.15, 0.2) is 4.75 Å². The van der Waals surface area contributed by atoms with Crippen LogP contribution in [0.25, 0.3) is 0 Å². The first-order valence-electron chi connectivity index (χ1n) is 10.3. The summed E-state index contributed by atoms with van der Waals surface area (Å²) in [5, 5.41) is 10.6. The highest BCUT2D eigenvalue weighted by atomic mass is 32.2. The Morgan fingerprint density at radius 3 is 2.13 bits per heavy atom. The predicted molar refractivity (Wildman–Crippen MR) is 123 cm³/mol. The predicted octanol–water partition coefficient (Wildman–Crippen LogP) is 5.33. The van der Waals surface area contributed by atoms with Gasteiger partial charge >= 0.3 is 5.97 Å². The number of thioether (sulfide) groups is 1. The van der Waals surface area contributed by atoms with Crippen LogP contribution in [0.5, 0.6) is 0 Å². The summed E-state index contributed by atoms with van der Waals surface area (Å²) in [7, 11) is 0. The molecule has 31 heavy (non-hydrogen) atoms. The number of carbonyl (C=O) groups is 2. The third-order valence-electron chi connectivity index (χ3n) is 5.97. The summed E-state index contributed by atoms with van der Waals surface area (Å²) in [5.41, 5.74) is 2.92. The Bertz CT molecular complexity index is 1070. The second-order valence-corrected chi connectivity index (χ2v) is 9.35. The normalized spacial score (nSPS) is 23.2. The highest BCUT2D eigenvalue weighted by Gasteiger charge is 2.63. The fourth-order valence-electron chi connectivity index (χ4n) is 4.33. The van der Waals surface area contributed by atoms with Gasteiger partial charge in [-0.25, -0.2) is 0 Å². The number of amides is 1. The van der Waals surface area contributed by atoms with Crippen molar-refractivity contribution in [2.45, 2.75) is 36.1 Å². The molecule has 3 atom stereocenters. The Hall–Kier alpha value is -3.05. The molecule has 1 amide bonds. The van der Waals surface area contributed by atoms with Crippen molar-refractivity contribution in [3.8, 4) is 0 Å². The number of benzene rings is 3. The molecule has 1 saturated heterocycles. The molecule has 0 unspecified atom stereocenters. The summed E-state index contributed by atoms with van der Waals surface area (Å²) in [6, 6.07) is 26.5. The van der Waals surface area contributed by atoms with Crippen LogP contribution in [0.15, 0.2) is 89.8 Å². The number of hydrogen-bond donors (Lipinski definition) is 1. The molecule has 0 radical (unpaired) electrons. The fourth-order valence-corrected chi connectivity index (χ4v) is 5.73. The zero-order valence-electron chi connectivity index (χ0n) is 17.6. The molecule has 1 aliphatic heterocycles. The van der Waals surface area contributed by atoms with E-state index in [1.165, 1.54) is 11.8 Å². The lowest BCUT2D eigenvalue weighted by molar-refractivity contribution is -0.142. The van der Waals surface area contributed by atoms with Gasteiger partial charge in [-0.15, -0.1) is 11.8 Å². The molecule has 0 aromatic heterocycles. The second kappa shape index (κ2) is 8.60. The Morgan fingerprint density at radius 1 is 0.968 bits per heavy atom. The lowest BCUT2D eigenvalue weighted by atomic mass is 9.86. The van der Waals surface area contributed by atoms with E-state index in [1.807, 2.05) is 91.9 Å². The fraction of sp³-hybridized carbons (Fsp3) is 0.231. The van der Waals surface area contributed by atoms with Crippen molar-refractivity contribution in [3.63, 3.8) is 0 Å². The summed E-state index contributed by atoms with van der Waals surface area (Å²) >= 11 is 1.28. The smallest absolute Gasteiger partial charge is 0.323 e. The molecule has 5 heteroatoms. The van der Waals surface area contributed by atoms with Crippen LogP contribution in [-0.4, -0.2) is 26.6 Å². The number of likely N-dealkylation sites (tertiary alicyclic amines) is 1. The Kier molecular flexibility index (Phi) is 5.88. The molecule has 1 aliphatic rings. The maximum Gasteiger partial charge on any atom is 0.323 e. The highest BCUT2D eigenvalue weighted by molar-refractivity contribution is 8.01. The van der Waals surface area contributed by atoms with Gasteiger partial charge in [0.2, 0.25) is 5.91 Å². The van der Waals surface area contributed by atoms with Gasteiger partial charge in [-0.2, -0.15) is 0 Å². The number of aliphatic carboxylic acids is 1. The van der Waals surface area contributed by atoms with E-state index in [-0.39, 0.29) is 5.91 Å². The van der Waals surface area contributed by atoms with Crippen LogP contribution in [0.1, 0.15) is 29.7 Å². The third kappa shape index (κ3) is 3.86. The molecule has 3 aromatic rings. The number of rotatable bonds is 6. The van der Waals surface area contributed by atoms with Gasteiger partial charge < -0.3 is 10.0 Å². The zero-order chi connectivity index (χ0) is 22.0. The van der Waals surface area contributed by atoms with E-state index in [0.717, 1.165) is 21.6 Å². The lowest BCUT2D eigenvalue weighted by Crippen LogP contribution is -2.44. The molecule has 158 valence electrons. The molecular weight excluding hydrogens is 406 g/mol. The first kappa shape index (κ1) is 21.2. The number of nitrogens with zero attached hydrogens (tertiary/aromatic N) is 1. The quantitative estimate of drug-likeness (QED) is 0.573. The molecule has 1 N–H and O–H groups in total. The zero-order valence-corrected chi connectivity index (χ0v) is 18.4. The van der Waals surface area contributed by atoms with E-state index in [9.17, 15) is 14.7 Å². The van der Waals surface area contributed by atoms with Gasteiger partial charge in [0.05, 0.1) is 12.0 Å². The minimum Gasteiger partial charge on any atom is -0.480 e. The monoisotopic (exact) mass is 431 g/mol. The minimum absolute atomic E-state index is 0.139. The van der Waals surface area contributed by atoms with Crippen molar-refractivity contribution in [3.05, 3.63) is 102 Å². The maximum atomic E-state index is 13.5. The van der Waals surface area contributed by atoms with Gasteiger partial charge in [-0.05, 0) is 30.2 Å². The largest absolute Gasteiger partial charge is 0.480 e. The Balaban J connectivity index is 1.85. The van der Waals surface area contributed by atoms with Crippen molar-refractivity contribution in [1.82, 2.24) is 4.90 Å². The molecule has 0 saturated carbocycles. The molecule has 1 fully saturated rings. The van der Waals surface area contributed by atoms with Crippen LogP contribution in [0, 0.1) is 12.8 Å². The number of carboxylic acids is 1. The van der Waals surface area contributed by atoms with E-state index >= 15 is 0 Å². The third-order valence-corrected chi connectivity index (χ3v) is 7.56. The van der Waals surface area contributed by atoms with E-state index in [1.54, 1.807) is 11.8 Å². The summed E-state index contributed by atoms with van der Waals surface area (Å²) in [6.07, 6.45) is 0. The van der Waals surface area contributed by atoms with Crippen molar-refractivity contribution < 1.29 is 14.7 Å². The van der Waals surface area contributed by atoms with Crippen LogP contribution in [0.4, 0.5) is 0 Å². The highest BCUT2D eigenvalue weighted by Crippen LogP contribution is 2.55. The topological polar surface area (TPSA) is 57.6 Å². The number of aryl methyl sites for hydroxylation is 1. The van der Waals surface area contributed by atoms with Crippen LogP contribution < -0.4 is 0 Å². The second-order valence-electron chi connectivity index (χ2n) is 8.00. The molecular formula is C26H25NO3S. The number of carbonyl (C=O) groups excluding carboxylic acids is 1. The van der Waals surface area contributed by atoms with Crippen LogP contribution in [0.3, 0.4) is 0 Å². The van der Waals surface area contributed by atoms with Crippen molar-refractivity contribution >= 4 is 23.6 Å². The average Bonchev–Trinajstić information content (AvgIpc) is 2.99. The van der Waals surface area contributed by atoms with Crippen LogP contribution in [0.2, 0.25) is 0 Å². The first-order chi connectivity index (χ1) is 14.9. The minimum atomic E-state index is -1.34. The van der Waals surface area contributed by atoms with Gasteiger partial charge in [0.25, 0.3) is 0 Å². The molecule has 0 bridgehead atoms. The molecule has 0 spiro atoms. The van der Waals surface area contributed by atoms with Gasteiger partial charge in [-0.3, -0.25) is 9.59 Å². The number of carboxylic acid groups (broad SMARTS) is 1. The summed E-state index contributed by atoms with van der Waals surface area (Å²) < 4.78 is -1.34.